The van der Waals surface area contributed by atoms with Gasteiger partial charge in [-0.15, -0.1) is 0 Å². The lowest BCUT2D eigenvalue weighted by atomic mass is 10.0. The maximum atomic E-state index is 13.3. The number of carbonyl (C=O) groups is 2. The Bertz CT molecular complexity index is 848. The van der Waals surface area contributed by atoms with Crippen molar-refractivity contribution in [2.24, 2.45) is 11.8 Å². The number of H-pyrrole nitrogens is 1. The number of ether oxygens (including phenoxy) is 1. The molecule has 0 bridgehead atoms. The highest BCUT2D eigenvalue weighted by Crippen LogP contribution is 2.37. The smallest absolute Gasteiger partial charge is 0.407 e. The fourth-order valence-electron chi connectivity index (χ4n) is 3.76. The molecule has 6 nitrogen and oxygen atoms in total. The van der Waals surface area contributed by atoms with Gasteiger partial charge in [-0.25, -0.2) is 4.79 Å². The average Bonchev–Trinajstić information content (AvgIpc) is 3.21. The minimum Gasteiger partial charge on any atom is -0.453 e. The second-order valence-corrected chi connectivity index (χ2v) is 8.58. The Hall–Kier alpha value is -2.02. The summed E-state index contributed by atoms with van der Waals surface area (Å²) in [5, 5.41) is 3.81. The van der Waals surface area contributed by atoms with Crippen molar-refractivity contribution in [2.75, 3.05) is 13.7 Å². The molecule has 0 saturated carbocycles. The third-order valence-corrected chi connectivity index (χ3v) is 5.64. The van der Waals surface area contributed by atoms with E-state index in [9.17, 15) is 9.59 Å². The maximum absolute atomic E-state index is 13.3. The Morgan fingerprint density at radius 2 is 2.07 bits per heavy atom. The van der Waals surface area contributed by atoms with Crippen LogP contribution in [-0.4, -0.2) is 41.6 Å². The lowest BCUT2D eigenvalue weighted by Crippen LogP contribution is -2.51. The van der Waals surface area contributed by atoms with E-state index in [2.05, 4.69) is 45.3 Å². The van der Waals surface area contributed by atoms with Gasteiger partial charge in [0.2, 0.25) is 5.91 Å². The standard InChI is InChI=1S/C20H26BrN3O3/c1-11(2)18(23-20(26)27-4)19(25)24-10-12(3)7-17(24)16-8-13-5-6-14(21)9-15(13)22-16/h5-6,8-9,11-12,17-18,22H,7,10H2,1-4H3,(H,23,26). The van der Waals surface area contributed by atoms with E-state index in [0.717, 1.165) is 27.5 Å². The zero-order chi connectivity index (χ0) is 19.7. The lowest BCUT2D eigenvalue weighted by molar-refractivity contribution is -0.135. The largest absolute Gasteiger partial charge is 0.453 e. The molecule has 146 valence electrons. The van der Waals surface area contributed by atoms with E-state index < -0.39 is 12.1 Å². The lowest BCUT2D eigenvalue weighted by Gasteiger charge is -2.30. The number of fused-ring (bicyclic) bond motifs is 1. The van der Waals surface area contributed by atoms with Crippen molar-refractivity contribution < 1.29 is 14.3 Å². The number of carbonyl (C=O) groups excluding carboxylic acids is 2. The number of alkyl carbamates (subject to hydrolysis) is 1. The summed E-state index contributed by atoms with van der Waals surface area (Å²) in [4.78, 5) is 30.3. The van der Waals surface area contributed by atoms with Crippen LogP contribution in [0.4, 0.5) is 4.79 Å². The van der Waals surface area contributed by atoms with Crippen molar-refractivity contribution in [3.8, 4) is 0 Å². The van der Waals surface area contributed by atoms with E-state index in [0.29, 0.717) is 12.5 Å². The zero-order valence-corrected chi connectivity index (χ0v) is 17.7. The molecule has 1 aliphatic rings. The number of hydrogen-bond acceptors (Lipinski definition) is 3. The van der Waals surface area contributed by atoms with Crippen molar-refractivity contribution in [1.82, 2.24) is 15.2 Å². The molecule has 1 aromatic carbocycles. The van der Waals surface area contributed by atoms with Gasteiger partial charge in [0.1, 0.15) is 6.04 Å². The fraction of sp³-hybridized carbons (Fsp3) is 0.500. The normalized spacial score (nSPS) is 20.9. The molecule has 7 heteroatoms. The molecular weight excluding hydrogens is 410 g/mol. The monoisotopic (exact) mass is 435 g/mol. The second-order valence-electron chi connectivity index (χ2n) is 7.66. The zero-order valence-electron chi connectivity index (χ0n) is 16.1. The van der Waals surface area contributed by atoms with Crippen LogP contribution in [0.3, 0.4) is 0 Å². The number of nitrogens with one attached hydrogen (secondary N) is 2. The minimum atomic E-state index is -0.608. The van der Waals surface area contributed by atoms with Gasteiger partial charge in [0.25, 0.3) is 0 Å². The minimum absolute atomic E-state index is 0.0284. The third kappa shape index (κ3) is 4.13. The number of aromatic amines is 1. The average molecular weight is 436 g/mol. The van der Waals surface area contributed by atoms with Crippen LogP contribution in [0.15, 0.2) is 28.7 Å². The molecule has 1 aliphatic heterocycles. The highest BCUT2D eigenvalue weighted by molar-refractivity contribution is 9.10. The van der Waals surface area contributed by atoms with Gasteiger partial charge in [-0.05, 0) is 41.8 Å². The van der Waals surface area contributed by atoms with Crippen molar-refractivity contribution in [3.63, 3.8) is 0 Å². The number of likely N-dealkylation sites (tertiary alicyclic amines) is 1. The summed E-state index contributed by atoms with van der Waals surface area (Å²) in [6.07, 6.45) is 0.310. The number of methoxy groups -OCH3 is 1. The van der Waals surface area contributed by atoms with Crippen molar-refractivity contribution in [1.29, 1.82) is 0 Å². The van der Waals surface area contributed by atoms with Crippen LogP contribution in [0.25, 0.3) is 10.9 Å². The third-order valence-electron chi connectivity index (χ3n) is 5.15. The summed E-state index contributed by atoms with van der Waals surface area (Å²) < 4.78 is 5.71. The van der Waals surface area contributed by atoms with Crippen LogP contribution in [-0.2, 0) is 9.53 Å². The first-order valence-corrected chi connectivity index (χ1v) is 10.0. The number of hydrogen-bond donors (Lipinski definition) is 2. The summed E-state index contributed by atoms with van der Waals surface area (Å²) in [5.41, 5.74) is 2.07. The van der Waals surface area contributed by atoms with E-state index in [1.807, 2.05) is 30.9 Å². The van der Waals surface area contributed by atoms with Crippen LogP contribution in [0.1, 0.15) is 38.9 Å². The molecule has 2 N–H and O–H groups in total. The number of amides is 2. The van der Waals surface area contributed by atoms with Crippen LogP contribution < -0.4 is 5.32 Å². The van der Waals surface area contributed by atoms with Gasteiger partial charge in [0.05, 0.1) is 13.2 Å². The predicted molar refractivity (Wildman–Crippen MR) is 108 cm³/mol. The van der Waals surface area contributed by atoms with Crippen molar-refractivity contribution in [2.45, 2.75) is 39.3 Å². The van der Waals surface area contributed by atoms with Crippen LogP contribution in [0.5, 0.6) is 0 Å². The molecular formula is C20H26BrN3O3. The molecule has 2 amide bonds. The number of aromatic nitrogens is 1. The molecule has 2 heterocycles. The summed E-state index contributed by atoms with van der Waals surface area (Å²) >= 11 is 3.50. The first-order chi connectivity index (χ1) is 12.8. The van der Waals surface area contributed by atoms with Gasteiger partial charge in [0, 0.05) is 22.2 Å². The summed E-state index contributed by atoms with van der Waals surface area (Å²) in [6.45, 7) is 6.67. The molecule has 1 aromatic heterocycles. The number of rotatable bonds is 4. The van der Waals surface area contributed by atoms with Gasteiger partial charge >= 0.3 is 6.09 Å². The Morgan fingerprint density at radius 3 is 2.74 bits per heavy atom. The van der Waals surface area contributed by atoms with E-state index in [4.69, 9.17) is 4.74 Å². The van der Waals surface area contributed by atoms with E-state index in [1.165, 1.54) is 7.11 Å². The highest BCUT2D eigenvalue weighted by Gasteiger charge is 2.39. The predicted octanol–water partition coefficient (Wildman–Crippen LogP) is 4.22. The van der Waals surface area contributed by atoms with Gasteiger partial charge in [-0.3, -0.25) is 4.79 Å². The number of nitrogens with zero attached hydrogens (tertiary/aromatic N) is 1. The maximum Gasteiger partial charge on any atom is 0.407 e. The molecule has 3 unspecified atom stereocenters. The molecule has 0 aliphatic carbocycles. The Morgan fingerprint density at radius 1 is 1.33 bits per heavy atom. The van der Waals surface area contributed by atoms with Crippen LogP contribution >= 0.6 is 15.9 Å². The number of benzene rings is 1. The first kappa shape index (κ1) is 19.7. The van der Waals surface area contributed by atoms with Gasteiger partial charge in [-0.2, -0.15) is 0 Å². The SMILES string of the molecule is COC(=O)NC(C(=O)N1CC(C)CC1c1cc2ccc(Br)cc2[nH]1)C(C)C. The fourth-order valence-corrected chi connectivity index (χ4v) is 4.12. The molecule has 0 spiro atoms. The summed E-state index contributed by atoms with van der Waals surface area (Å²) in [6, 6.07) is 7.58. The molecule has 3 atom stereocenters. The number of halogens is 1. The molecule has 2 aromatic rings. The van der Waals surface area contributed by atoms with Crippen LogP contribution in [0.2, 0.25) is 0 Å². The van der Waals surface area contributed by atoms with Gasteiger partial charge < -0.3 is 19.9 Å². The topological polar surface area (TPSA) is 74.4 Å². The van der Waals surface area contributed by atoms with Gasteiger partial charge in [0.15, 0.2) is 0 Å². The van der Waals surface area contributed by atoms with E-state index in [-0.39, 0.29) is 17.9 Å². The molecule has 1 fully saturated rings. The molecule has 1 saturated heterocycles. The molecule has 27 heavy (non-hydrogen) atoms. The summed E-state index contributed by atoms with van der Waals surface area (Å²) in [5.74, 6) is 0.291. The quantitative estimate of drug-likeness (QED) is 0.754. The highest BCUT2D eigenvalue weighted by atomic mass is 79.9. The van der Waals surface area contributed by atoms with Crippen molar-refractivity contribution in [3.05, 3.63) is 34.4 Å². The van der Waals surface area contributed by atoms with Crippen LogP contribution in [0, 0.1) is 11.8 Å². The first-order valence-electron chi connectivity index (χ1n) is 9.23. The Labute approximate surface area is 167 Å². The molecule has 0 radical (unpaired) electrons. The second kappa shape index (κ2) is 7.92. The van der Waals surface area contributed by atoms with Gasteiger partial charge in [-0.1, -0.05) is 42.8 Å². The Kier molecular flexibility index (Phi) is 5.79. The summed E-state index contributed by atoms with van der Waals surface area (Å²) in [7, 11) is 1.31. The molecule has 3 rings (SSSR count). The van der Waals surface area contributed by atoms with Crippen molar-refractivity contribution >= 4 is 38.8 Å². The Balaban J connectivity index is 1.89. The van der Waals surface area contributed by atoms with E-state index >= 15 is 0 Å². The van der Waals surface area contributed by atoms with E-state index in [1.54, 1.807) is 0 Å².